The van der Waals surface area contributed by atoms with E-state index < -0.39 is 47.7 Å². The van der Waals surface area contributed by atoms with Crippen LogP contribution >= 0.6 is 0 Å². The van der Waals surface area contributed by atoms with E-state index in [4.69, 9.17) is 23.8 Å². The van der Waals surface area contributed by atoms with Gasteiger partial charge < -0.3 is 34.2 Å². The van der Waals surface area contributed by atoms with Gasteiger partial charge in [-0.3, -0.25) is 24.0 Å². The number of imide groups is 1. The number of Topliss-reactive ketones (excluding diaryl/α,β-unsaturated/α-hetero) is 1. The lowest BCUT2D eigenvalue weighted by Gasteiger charge is -2.39. The van der Waals surface area contributed by atoms with Crippen LogP contribution in [0.25, 0.3) is 0 Å². The molecule has 1 spiro atoms. The number of hydrogen-bond acceptors (Lipinski definition) is 12. The molecule has 4 fully saturated rings. The van der Waals surface area contributed by atoms with Crippen LogP contribution in [-0.2, 0) is 52.6 Å². The molecule has 294 valence electrons. The predicted molar refractivity (Wildman–Crippen MR) is 190 cm³/mol. The molecule has 0 radical (unpaired) electrons. The van der Waals surface area contributed by atoms with Gasteiger partial charge in [-0.25, -0.2) is 4.79 Å². The predicted octanol–water partition coefficient (Wildman–Crippen LogP) is 3.88. The van der Waals surface area contributed by atoms with Gasteiger partial charge in [-0.1, -0.05) is 43.6 Å². The Bertz CT molecular complexity index is 1420. The zero-order chi connectivity index (χ0) is 38.7. The van der Waals surface area contributed by atoms with Crippen LogP contribution in [-0.4, -0.2) is 100 Å². The quantitative estimate of drug-likeness (QED) is 0.0516. The molecule has 0 aromatic carbocycles. The van der Waals surface area contributed by atoms with Crippen molar-refractivity contribution >= 4 is 35.4 Å². The number of unbranched alkanes of at least 4 members (excludes halogenated alkanes) is 3. The van der Waals surface area contributed by atoms with Crippen molar-refractivity contribution < 1.29 is 57.7 Å². The number of allylic oxidation sites excluding steroid dienone is 2. The van der Waals surface area contributed by atoms with Gasteiger partial charge in [0, 0.05) is 51.5 Å². The summed E-state index contributed by atoms with van der Waals surface area (Å²) in [6, 6.07) is -0.152. The van der Waals surface area contributed by atoms with Crippen molar-refractivity contribution in [2.24, 2.45) is 5.92 Å². The Morgan fingerprint density at radius 3 is 2.36 bits per heavy atom. The van der Waals surface area contributed by atoms with Crippen molar-refractivity contribution in [1.82, 2.24) is 10.4 Å². The lowest BCUT2D eigenvalue weighted by molar-refractivity contribution is -0.197. The number of epoxide rings is 1. The zero-order valence-corrected chi connectivity index (χ0v) is 31.6. The highest BCUT2D eigenvalue weighted by molar-refractivity contribution is 6.01. The molecule has 9 atom stereocenters. The van der Waals surface area contributed by atoms with E-state index in [1.165, 1.54) is 19.1 Å². The second kappa shape index (κ2) is 19.6. The average molecular weight is 745 g/mol. The van der Waals surface area contributed by atoms with Crippen LogP contribution in [0.3, 0.4) is 0 Å². The smallest absolute Gasteiger partial charge is 0.333 e. The Balaban J connectivity index is 1.16. The molecule has 2 N–H and O–H groups in total. The number of hydroxylamine groups is 2. The zero-order valence-electron chi connectivity index (χ0n) is 31.6. The molecule has 0 saturated carbocycles. The van der Waals surface area contributed by atoms with Gasteiger partial charge in [-0.15, -0.1) is 5.06 Å². The summed E-state index contributed by atoms with van der Waals surface area (Å²) >= 11 is 0. The summed E-state index contributed by atoms with van der Waals surface area (Å²) in [5, 5.41) is 14.6. The Morgan fingerprint density at radius 1 is 1.02 bits per heavy atom. The van der Waals surface area contributed by atoms with Gasteiger partial charge in [0.1, 0.15) is 29.7 Å². The molecule has 3 amide bonds. The molecule has 0 aliphatic carbocycles. The molecular weight excluding hydrogens is 688 g/mol. The highest BCUT2D eigenvalue weighted by Crippen LogP contribution is 2.43. The Labute approximate surface area is 311 Å². The first-order valence-corrected chi connectivity index (χ1v) is 18.9. The third-order valence-corrected chi connectivity index (χ3v) is 10.2. The van der Waals surface area contributed by atoms with Crippen LogP contribution in [0.4, 0.5) is 0 Å². The molecule has 4 heterocycles. The van der Waals surface area contributed by atoms with Crippen molar-refractivity contribution in [2.75, 3.05) is 6.61 Å². The first-order chi connectivity index (χ1) is 25.2. The largest absolute Gasteiger partial charge is 0.459 e. The number of esters is 1. The Hall–Kier alpha value is -3.72. The minimum atomic E-state index is -0.847. The maximum atomic E-state index is 12.8. The van der Waals surface area contributed by atoms with Crippen molar-refractivity contribution in [3.63, 3.8) is 0 Å². The summed E-state index contributed by atoms with van der Waals surface area (Å²) in [5.74, 6) is -2.05. The number of aliphatic hydroxyl groups excluding tert-OH is 1. The second-order valence-electron chi connectivity index (χ2n) is 14.9. The van der Waals surface area contributed by atoms with Crippen molar-refractivity contribution in [1.29, 1.82) is 0 Å². The summed E-state index contributed by atoms with van der Waals surface area (Å²) in [6.07, 6.45) is 11.5. The fourth-order valence-electron chi connectivity index (χ4n) is 6.99. The molecule has 4 aliphatic heterocycles. The van der Waals surface area contributed by atoms with Crippen molar-refractivity contribution in [2.45, 2.75) is 160 Å². The molecule has 14 heteroatoms. The maximum Gasteiger partial charge on any atom is 0.333 e. The van der Waals surface area contributed by atoms with Crippen LogP contribution in [0, 0.1) is 5.92 Å². The van der Waals surface area contributed by atoms with Crippen molar-refractivity contribution in [3.05, 3.63) is 36.0 Å². The van der Waals surface area contributed by atoms with Gasteiger partial charge in [0.2, 0.25) is 5.91 Å². The van der Waals surface area contributed by atoms with E-state index in [0.717, 1.165) is 18.4 Å². The number of aliphatic hydroxyl groups is 1. The lowest BCUT2D eigenvalue weighted by Crippen LogP contribution is -2.50. The molecule has 4 aliphatic rings. The Kier molecular flexibility index (Phi) is 15.5. The van der Waals surface area contributed by atoms with Crippen LogP contribution in [0.5, 0.6) is 0 Å². The van der Waals surface area contributed by atoms with E-state index in [1.54, 1.807) is 6.92 Å². The van der Waals surface area contributed by atoms with Crippen LogP contribution in [0.1, 0.15) is 112 Å². The summed E-state index contributed by atoms with van der Waals surface area (Å²) in [4.78, 5) is 76.3. The number of ketones is 1. The summed E-state index contributed by atoms with van der Waals surface area (Å²) < 4.78 is 23.2. The number of nitrogens with zero attached hydrogens (tertiary/aromatic N) is 1. The number of amides is 3. The molecule has 0 aromatic rings. The van der Waals surface area contributed by atoms with Gasteiger partial charge in [0.05, 0.1) is 31.0 Å². The van der Waals surface area contributed by atoms with Crippen LogP contribution < -0.4 is 5.32 Å². The normalized spacial score (nSPS) is 30.9. The summed E-state index contributed by atoms with van der Waals surface area (Å²) in [6.45, 7) is 9.44. The molecule has 0 unspecified atom stereocenters. The van der Waals surface area contributed by atoms with Gasteiger partial charge in [-0.2, -0.15) is 0 Å². The second-order valence-corrected chi connectivity index (χ2v) is 14.9. The molecule has 4 rings (SSSR count). The molecule has 0 aromatic heterocycles. The van der Waals surface area contributed by atoms with Crippen LogP contribution in [0.2, 0.25) is 0 Å². The third kappa shape index (κ3) is 13.0. The Morgan fingerprint density at radius 2 is 1.70 bits per heavy atom. The first kappa shape index (κ1) is 42.0. The number of ether oxygens (including phenoxy) is 4. The number of carbonyl (C=O) groups excluding carboxylic acids is 6. The number of rotatable bonds is 18. The minimum absolute atomic E-state index is 0.0359. The van der Waals surface area contributed by atoms with E-state index in [2.05, 4.69) is 18.3 Å². The molecule has 4 saturated heterocycles. The van der Waals surface area contributed by atoms with Gasteiger partial charge in [0.25, 0.3) is 11.8 Å². The average Bonchev–Trinajstić information content (AvgIpc) is 3.80. The highest BCUT2D eigenvalue weighted by atomic mass is 16.7. The monoisotopic (exact) mass is 744 g/mol. The first-order valence-electron chi connectivity index (χ1n) is 18.9. The number of carbonyl (C=O) groups is 6. The fourth-order valence-corrected chi connectivity index (χ4v) is 6.99. The van der Waals surface area contributed by atoms with E-state index >= 15 is 0 Å². The number of hydrogen-bond donors (Lipinski definition) is 2. The van der Waals surface area contributed by atoms with E-state index in [1.807, 2.05) is 26.0 Å². The van der Waals surface area contributed by atoms with Gasteiger partial charge in [-0.05, 0) is 58.4 Å². The standard InChI is InChI=1S/C39H56N2O12/c1-24(12-15-32-25(2)20-31(27(4)51-32)40-34(44)17-14-26(3)50-28(5)42)13-16-33-38(48)39(23-49-39)22-30(52-33)21-29(43)10-8-6-7-9-11-37(47)53-41-35(45)18-19-36(41)46/h12-14,16-17,25-27,30-33,38,48H,6-11,15,18-23H2,1-5H3,(H,40,44)/b16-13+,17-14-,24-12+/t25-,26-,27+,30+,31+,32-,33+,38+,39+/m0/s1. The van der Waals surface area contributed by atoms with E-state index in [-0.39, 0.29) is 67.6 Å². The maximum absolute atomic E-state index is 12.8. The fraction of sp³-hybridized carbons (Fsp3) is 0.692. The third-order valence-electron chi connectivity index (χ3n) is 10.2. The van der Waals surface area contributed by atoms with E-state index in [9.17, 15) is 33.9 Å². The molecule has 53 heavy (non-hydrogen) atoms. The topological polar surface area (TPSA) is 187 Å². The molecule has 14 nitrogen and oxygen atoms in total. The van der Waals surface area contributed by atoms with Gasteiger partial charge >= 0.3 is 11.9 Å². The lowest BCUT2D eigenvalue weighted by atomic mass is 9.86. The SMILES string of the molecule is CC(=O)O[C@@H](C)/C=C\C(=O)N[C@@H]1C[C@H](C)[C@H](C/C=C(C)/C=C/[C@H]2O[C@H](CC(=O)CCCCCCC(=O)ON3C(=O)CCC3=O)C[C@@]3(CO3)[C@@H]2O)O[C@@H]1C. The minimum Gasteiger partial charge on any atom is -0.459 e. The van der Waals surface area contributed by atoms with E-state index in [0.29, 0.717) is 50.2 Å². The van der Waals surface area contributed by atoms with Gasteiger partial charge in [0.15, 0.2) is 0 Å². The summed E-state index contributed by atoms with van der Waals surface area (Å²) in [7, 11) is 0. The molecular formula is C39H56N2O12. The van der Waals surface area contributed by atoms with Crippen molar-refractivity contribution in [3.8, 4) is 0 Å². The number of nitrogens with one attached hydrogen (secondary N) is 1. The highest BCUT2D eigenvalue weighted by Gasteiger charge is 2.58. The summed E-state index contributed by atoms with van der Waals surface area (Å²) in [5.41, 5.74) is 0.278. The van der Waals surface area contributed by atoms with Crippen LogP contribution in [0.15, 0.2) is 36.0 Å². The molecule has 0 bridgehead atoms.